The van der Waals surface area contributed by atoms with E-state index < -0.39 is 6.03 Å². The maximum atomic E-state index is 13.0. The number of likely N-dealkylation sites (N-methyl/N-ethyl adjacent to an activating group) is 1. The molecule has 1 saturated heterocycles. The summed E-state index contributed by atoms with van der Waals surface area (Å²) in [4.78, 5) is 28.9. The first-order valence-electron chi connectivity index (χ1n) is 10.7. The number of allylic oxidation sites excluding steroid dienone is 1. The number of anilines is 1. The number of ether oxygens (including phenoxy) is 1. The number of carbonyl (C=O) groups is 2. The van der Waals surface area contributed by atoms with Crippen molar-refractivity contribution in [3.63, 3.8) is 0 Å². The molecule has 0 radical (unpaired) electrons. The third-order valence-electron chi connectivity index (χ3n) is 6.29. The van der Waals surface area contributed by atoms with Crippen LogP contribution in [0.15, 0.2) is 48.2 Å². The average Bonchev–Trinajstić information content (AvgIpc) is 3.00. The molecule has 0 spiro atoms. The fourth-order valence-electron chi connectivity index (χ4n) is 4.23. The van der Waals surface area contributed by atoms with Crippen molar-refractivity contribution in [1.29, 1.82) is 0 Å². The molecule has 2 aliphatic rings. The van der Waals surface area contributed by atoms with Crippen LogP contribution in [0.1, 0.15) is 43.0 Å². The standard InChI is InChI=1S/C26H29N3O3/c1-16-7-9-18(10-8-16)15-29-24(30)21(27-25(29)31)12-19-11-20-17(2)14-26(3,4)28(5)22(20)13-23(19)32-6/h7-14H,15H2,1-6H3,(H,27,31)/b21-12+. The summed E-state index contributed by atoms with van der Waals surface area (Å²) < 4.78 is 5.64. The first kappa shape index (κ1) is 21.7. The van der Waals surface area contributed by atoms with E-state index in [4.69, 9.17) is 4.74 Å². The molecule has 1 N–H and O–H groups in total. The summed E-state index contributed by atoms with van der Waals surface area (Å²) in [6.45, 7) is 8.64. The predicted octanol–water partition coefficient (Wildman–Crippen LogP) is 4.73. The summed E-state index contributed by atoms with van der Waals surface area (Å²) in [6, 6.07) is 11.4. The van der Waals surface area contributed by atoms with Crippen LogP contribution in [0.5, 0.6) is 5.75 Å². The van der Waals surface area contributed by atoms with Gasteiger partial charge in [0.15, 0.2) is 0 Å². The molecule has 6 heteroatoms. The highest BCUT2D eigenvalue weighted by Crippen LogP contribution is 2.41. The molecule has 0 bridgehead atoms. The average molecular weight is 432 g/mol. The summed E-state index contributed by atoms with van der Waals surface area (Å²) in [6.07, 6.45) is 3.92. The second-order valence-corrected chi connectivity index (χ2v) is 9.02. The fourth-order valence-corrected chi connectivity index (χ4v) is 4.23. The van der Waals surface area contributed by atoms with Crippen LogP contribution in [0, 0.1) is 6.92 Å². The number of imide groups is 1. The van der Waals surface area contributed by atoms with E-state index in [1.54, 1.807) is 13.2 Å². The Balaban J connectivity index is 1.68. The number of nitrogens with one attached hydrogen (secondary N) is 1. The number of amides is 3. The number of fused-ring (bicyclic) bond motifs is 1. The Labute approximate surface area is 189 Å². The number of urea groups is 1. The van der Waals surface area contributed by atoms with E-state index in [0.717, 1.165) is 33.5 Å². The first-order chi connectivity index (χ1) is 15.1. The molecule has 0 aromatic heterocycles. The number of rotatable bonds is 4. The topological polar surface area (TPSA) is 61.9 Å². The number of hydrogen-bond acceptors (Lipinski definition) is 4. The SMILES string of the molecule is COc1cc2c(cc1/C=C1/NC(=O)N(Cc3ccc(C)cc3)C1=O)C(C)=CC(C)(C)N2C. The molecule has 2 aliphatic heterocycles. The minimum atomic E-state index is -0.420. The molecule has 0 aliphatic carbocycles. The number of aryl methyl sites for hydroxylation is 1. The number of hydrogen-bond donors (Lipinski definition) is 1. The lowest BCUT2D eigenvalue weighted by Crippen LogP contribution is -2.42. The summed E-state index contributed by atoms with van der Waals surface area (Å²) >= 11 is 0. The van der Waals surface area contributed by atoms with E-state index in [1.165, 1.54) is 4.90 Å². The van der Waals surface area contributed by atoms with Gasteiger partial charge in [0.2, 0.25) is 0 Å². The second-order valence-electron chi connectivity index (χ2n) is 9.02. The minimum Gasteiger partial charge on any atom is -0.496 e. The molecule has 0 saturated carbocycles. The van der Waals surface area contributed by atoms with Crippen LogP contribution in [0.3, 0.4) is 0 Å². The van der Waals surface area contributed by atoms with E-state index in [2.05, 4.69) is 44.1 Å². The Kier molecular flexibility index (Phi) is 5.33. The third kappa shape index (κ3) is 3.77. The van der Waals surface area contributed by atoms with Crippen molar-refractivity contribution in [1.82, 2.24) is 10.2 Å². The van der Waals surface area contributed by atoms with E-state index in [9.17, 15) is 9.59 Å². The van der Waals surface area contributed by atoms with Crippen molar-refractivity contribution in [3.8, 4) is 5.75 Å². The largest absolute Gasteiger partial charge is 0.496 e. The van der Waals surface area contributed by atoms with Gasteiger partial charge in [0.1, 0.15) is 11.4 Å². The zero-order valence-electron chi connectivity index (χ0n) is 19.4. The van der Waals surface area contributed by atoms with Gasteiger partial charge in [-0.2, -0.15) is 0 Å². The van der Waals surface area contributed by atoms with E-state index >= 15 is 0 Å². The van der Waals surface area contributed by atoms with Crippen LogP contribution >= 0.6 is 0 Å². The van der Waals surface area contributed by atoms with Gasteiger partial charge in [0.05, 0.1) is 19.2 Å². The lowest BCUT2D eigenvalue weighted by Gasteiger charge is -2.41. The van der Waals surface area contributed by atoms with Gasteiger partial charge in [-0.15, -0.1) is 0 Å². The van der Waals surface area contributed by atoms with Crippen LogP contribution in [0.4, 0.5) is 10.5 Å². The van der Waals surface area contributed by atoms with Crippen molar-refractivity contribution < 1.29 is 14.3 Å². The number of carbonyl (C=O) groups excluding carboxylic acids is 2. The second kappa shape index (κ2) is 7.86. The van der Waals surface area contributed by atoms with Crippen molar-refractivity contribution in [2.75, 3.05) is 19.1 Å². The lowest BCUT2D eigenvalue weighted by molar-refractivity contribution is -0.123. The van der Waals surface area contributed by atoms with Gasteiger partial charge in [0, 0.05) is 29.9 Å². The summed E-state index contributed by atoms with van der Waals surface area (Å²) in [5.74, 6) is 0.300. The van der Waals surface area contributed by atoms with E-state index in [1.807, 2.05) is 43.3 Å². The van der Waals surface area contributed by atoms with E-state index in [0.29, 0.717) is 5.75 Å². The third-order valence-corrected chi connectivity index (χ3v) is 6.29. The summed E-state index contributed by atoms with van der Waals surface area (Å²) in [5.41, 5.74) is 6.20. The van der Waals surface area contributed by atoms with Gasteiger partial charge < -0.3 is 15.0 Å². The number of benzene rings is 2. The summed E-state index contributed by atoms with van der Waals surface area (Å²) in [5, 5.41) is 2.72. The zero-order chi connectivity index (χ0) is 23.2. The van der Waals surface area contributed by atoms with Crippen molar-refractivity contribution in [2.45, 2.75) is 39.8 Å². The van der Waals surface area contributed by atoms with Gasteiger partial charge in [-0.1, -0.05) is 35.9 Å². The van der Waals surface area contributed by atoms with Crippen LogP contribution in [0.2, 0.25) is 0 Å². The highest BCUT2D eigenvalue weighted by Gasteiger charge is 2.34. The Morgan fingerprint density at radius 3 is 2.44 bits per heavy atom. The van der Waals surface area contributed by atoms with E-state index in [-0.39, 0.29) is 23.7 Å². The molecular weight excluding hydrogens is 402 g/mol. The molecule has 4 rings (SSSR count). The molecule has 2 aromatic rings. The van der Waals surface area contributed by atoms with Crippen LogP contribution in [-0.4, -0.2) is 36.5 Å². The van der Waals surface area contributed by atoms with Crippen LogP contribution in [-0.2, 0) is 11.3 Å². The molecule has 2 aromatic carbocycles. The lowest BCUT2D eigenvalue weighted by atomic mass is 9.88. The maximum Gasteiger partial charge on any atom is 0.329 e. The molecule has 32 heavy (non-hydrogen) atoms. The molecule has 3 amide bonds. The number of methoxy groups -OCH3 is 1. The number of nitrogens with zero attached hydrogens (tertiary/aromatic N) is 2. The van der Waals surface area contributed by atoms with Crippen molar-refractivity contribution in [3.05, 3.63) is 70.4 Å². The fraction of sp³-hybridized carbons (Fsp3) is 0.308. The molecule has 166 valence electrons. The molecule has 2 heterocycles. The van der Waals surface area contributed by atoms with Gasteiger partial charge in [-0.25, -0.2) is 4.79 Å². The molecular formula is C26H29N3O3. The Bertz CT molecular complexity index is 1160. The van der Waals surface area contributed by atoms with Gasteiger partial charge in [0.25, 0.3) is 5.91 Å². The monoisotopic (exact) mass is 431 g/mol. The van der Waals surface area contributed by atoms with Gasteiger partial charge in [-0.05, 0) is 51.0 Å². The molecule has 0 unspecified atom stereocenters. The Hall–Kier alpha value is -3.54. The molecule has 0 atom stereocenters. The normalized spacial score (nSPS) is 18.6. The quantitative estimate of drug-likeness (QED) is 0.562. The van der Waals surface area contributed by atoms with Gasteiger partial charge >= 0.3 is 6.03 Å². The maximum absolute atomic E-state index is 13.0. The van der Waals surface area contributed by atoms with Crippen molar-refractivity contribution in [2.24, 2.45) is 0 Å². The van der Waals surface area contributed by atoms with Crippen molar-refractivity contribution >= 4 is 29.3 Å². The highest BCUT2D eigenvalue weighted by molar-refractivity contribution is 6.14. The van der Waals surface area contributed by atoms with Crippen LogP contribution in [0.25, 0.3) is 11.6 Å². The van der Waals surface area contributed by atoms with Gasteiger partial charge in [-0.3, -0.25) is 9.69 Å². The zero-order valence-corrected chi connectivity index (χ0v) is 19.4. The minimum absolute atomic E-state index is 0.117. The molecule has 1 fully saturated rings. The molecule has 6 nitrogen and oxygen atoms in total. The Morgan fingerprint density at radius 1 is 1.09 bits per heavy atom. The highest BCUT2D eigenvalue weighted by atomic mass is 16.5. The predicted molar refractivity (Wildman–Crippen MR) is 127 cm³/mol. The van der Waals surface area contributed by atoms with Crippen LogP contribution < -0.4 is 15.0 Å². The smallest absolute Gasteiger partial charge is 0.329 e. The summed E-state index contributed by atoms with van der Waals surface area (Å²) in [7, 11) is 3.67. The Morgan fingerprint density at radius 2 is 1.78 bits per heavy atom. The first-order valence-corrected chi connectivity index (χ1v) is 10.7.